The summed E-state index contributed by atoms with van der Waals surface area (Å²) in [6.07, 6.45) is 2.22. The molecule has 3 rings (SSSR count). The molecule has 2 saturated heterocycles. The Kier molecular flexibility index (Phi) is 8.72. The van der Waals surface area contributed by atoms with Gasteiger partial charge in [-0.2, -0.15) is 4.31 Å². The molecule has 0 aromatic heterocycles. The summed E-state index contributed by atoms with van der Waals surface area (Å²) in [6, 6.07) is 6.35. The summed E-state index contributed by atoms with van der Waals surface area (Å²) in [5, 5.41) is 9.38. The number of methoxy groups -OCH3 is 1. The number of hydrogen-bond donors (Lipinski definition) is 1. The van der Waals surface area contributed by atoms with Crippen molar-refractivity contribution in [2.45, 2.75) is 37.5 Å². The van der Waals surface area contributed by atoms with Crippen molar-refractivity contribution in [1.29, 1.82) is 0 Å². The smallest absolute Gasteiger partial charge is 0.303 e. The first-order valence-corrected chi connectivity index (χ1v) is 13.0. The van der Waals surface area contributed by atoms with Crippen LogP contribution in [-0.4, -0.2) is 92.4 Å². The van der Waals surface area contributed by atoms with Crippen molar-refractivity contribution in [3.05, 3.63) is 24.3 Å². The zero-order valence-electron chi connectivity index (χ0n) is 19.5. The molecule has 2 aliphatic rings. The number of nitrogens with zero attached hydrogens (tertiary/aromatic N) is 3. The third-order valence-electron chi connectivity index (χ3n) is 6.84. The van der Waals surface area contributed by atoms with Crippen LogP contribution in [0.5, 0.6) is 5.75 Å². The highest BCUT2D eigenvalue weighted by molar-refractivity contribution is 7.89. The van der Waals surface area contributed by atoms with E-state index in [9.17, 15) is 23.1 Å². The minimum atomic E-state index is -3.67. The molecule has 2 aliphatic heterocycles. The van der Waals surface area contributed by atoms with Crippen LogP contribution in [0.15, 0.2) is 29.2 Å². The summed E-state index contributed by atoms with van der Waals surface area (Å²) in [5.74, 6) is -0.248. The maximum absolute atomic E-state index is 13.2. The van der Waals surface area contributed by atoms with Crippen LogP contribution in [0.25, 0.3) is 0 Å². The van der Waals surface area contributed by atoms with Gasteiger partial charge in [0.2, 0.25) is 15.9 Å². The number of carbonyl (C=O) groups excluding carboxylic acids is 1. The number of ether oxygens (including phenoxy) is 1. The van der Waals surface area contributed by atoms with Crippen LogP contribution in [0.4, 0.5) is 0 Å². The van der Waals surface area contributed by atoms with Crippen molar-refractivity contribution in [1.82, 2.24) is 14.1 Å². The lowest BCUT2D eigenvalue weighted by molar-refractivity contribution is -0.139. The second kappa shape index (κ2) is 11.3. The predicted octanol–water partition coefficient (Wildman–Crippen LogP) is 1.74. The number of amides is 1. The summed E-state index contributed by atoms with van der Waals surface area (Å²) in [5.41, 5.74) is 0. The number of sulfonamides is 1. The van der Waals surface area contributed by atoms with Crippen molar-refractivity contribution in [3.8, 4) is 5.75 Å². The quantitative estimate of drug-likeness (QED) is 0.603. The van der Waals surface area contributed by atoms with Crippen molar-refractivity contribution in [2.75, 3.05) is 52.9 Å². The summed E-state index contributed by atoms with van der Waals surface area (Å²) < 4.78 is 33.1. The molecule has 0 spiro atoms. The van der Waals surface area contributed by atoms with Gasteiger partial charge in [-0.25, -0.2) is 8.42 Å². The van der Waals surface area contributed by atoms with Gasteiger partial charge in [0, 0.05) is 46.1 Å². The molecule has 184 valence electrons. The fourth-order valence-corrected chi connectivity index (χ4v) is 6.35. The summed E-state index contributed by atoms with van der Waals surface area (Å²) in [7, 11) is -2.13. The first-order chi connectivity index (χ1) is 15.7. The van der Waals surface area contributed by atoms with E-state index in [0.717, 1.165) is 39.0 Å². The van der Waals surface area contributed by atoms with Gasteiger partial charge in [0.1, 0.15) is 5.75 Å². The molecule has 0 bridgehead atoms. The second-order valence-electron chi connectivity index (χ2n) is 8.94. The topological polar surface area (TPSA) is 107 Å². The molecule has 10 heteroatoms. The van der Waals surface area contributed by atoms with Crippen LogP contribution in [0.1, 0.15) is 32.6 Å². The first kappa shape index (κ1) is 25.5. The molecular weight excluding hydrogens is 446 g/mol. The Morgan fingerprint density at radius 2 is 1.79 bits per heavy atom. The Hall–Kier alpha value is -2.17. The fraction of sp³-hybridized carbons (Fsp3) is 0.652. The molecule has 1 aromatic rings. The van der Waals surface area contributed by atoms with Gasteiger partial charge < -0.3 is 19.6 Å². The Labute approximate surface area is 196 Å². The van der Waals surface area contributed by atoms with E-state index in [1.165, 1.54) is 11.4 Å². The van der Waals surface area contributed by atoms with Gasteiger partial charge in [-0.15, -0.1) is 0 Å². The van der Waals surface area contributed by atoms with E-state index in [-0.39, 0.29) is 29.1 Å². The largest absolute Gasteiger partial charge is 0.497 e. The average molecular weight is 482 g/mol. The third kappa shape index (κ3) is 6.68. The normalized spacial score (nSPS) is 23.2. The van der Waals surface area contributed by atoms with Gasteiger partial charge in [0.15, 0.2) is 0 Å². The number of piperidine rings is 1. The van der Waals surface area contributed by atoms with Gasteiger partial charge in [-0.1, -0.05) is 0 Å². The minimum absolute atomic E-state index is 0.0324. The molecule has 1 amide bonds. The van der Waals surface area contributed by atoms with Crippen LogP contribution >= 0.6 is 0 Å². The number of hydrogen-bond acceptors (Lipinski definition) is 6. The average Bonchev–Trinajstić information content (AvgIpc) is 3.04. The summed E-state index contributed by atoms with van der Waals surface area (Å²) in [4.78, 5) is 27.5. The van der Waals surface area contributed by atoms with Gasteiger partial charge in [-0.3, -0.25) is 9.59 Å². The van der Waals surface area contributed by atoms with Crippen molar-refractivity contribution >= 4 is 21.9 Å². The minimum Gasteiger partial charge on any atom is -0.497 e. The Balaban J connectivity index is 1.67. The van der Waals surface area contributed by atoms with Crippen molar-refractivity contribution < 1.29 is 27.9 Å². The third-order valence-corrected chi connectivity index (χ3v) is 8.72. The second-order valence-corrected chi connectivity index (χ2v) is 10.9. The molecule has 2 fully saturated rings. The molecule has 0 unspecified atom stereocenters. The van der Waals surface area contributed by atoms with Crippen molar-refractivity contribution in [3.63, 3.8) is 0 Å². The first-order valence-electron chi connectivity index (χ1n) is 11.5. The summed E-state index contributed by atoms with van der Waals surface area (Å²) >= 11 is 0. The standard InChI is InChI=1S/C23H35N3O6S/c1-18(27)25-11-3-10-24(14-15-25)12-8-20-17-26(13-9-19(20)16-23(28)29)33(30,31)22-6-4-21(32-2)5-7-22/h4-7,19-20H,3,8-17H2,1-2H3,(H,28,29)/t19-,20+/m0/s1. The van der Waals surface area contributed by atoms with E-state index in [4.69, 9.17) is 4.74 Å². The van der Waals surface area contributed by atoms with E-state index in [2.05, 4.69) is 4.90 Å². The van der Waals surface area contributed by atoms with Crippen LogP contribution in [-0.2, 0) is 19.6 Å². The lowest BCUT2D eigenvalue weighted by atomic mass is 9.82. The molecule has 2 heterocycles. The van der Waals surface area contributed by atoms with Crippen molar-refractivity contribution in [2.24, 2.45) is 11.8 Å². The lowest BCUT2D eigenvalue weighted by Gasteiger charge is -2.38. The van der Waals surface area contributed by atoms with Gasteiger partial charge >= 0.3 is 5.97 Å². The maximum Gasteiger partial charge on any atom is 0.303 e. The van der Waals surface area contributed by atoms with Crippen LogP contribution in [0, 0.1) is 11.8 Å². The van der Waals surface area contributed by atoms with E-state index in [1.807, 2.05) is 4.90 Å². The summed E-state index contributed by atoms with van der Waals surface area (Å²) in [6.45, 7) is 6.10. The zero-order chi connectivity index (χ0) is 24.0. The number of aliphatic carboxylic acids is 1. The molecule has 0 radical (unpaired) electrons. The highest BCUT2D eigenvalue weighted by Gasteiger charge is 2.36. The van der Waals surface area contributed by atoms with Gasteiger partial charge in [-0.05, 0) is 68.5 Å². The molecule has 2 atom stereocenters. The molecule has 9 nitrogen and oxygen atoms in total. The number of carbonyl (C=O) groups is 2. The monoisotopic (exact) mass is 481 g/mol. The number of carboxylic acid groups (broad SMARTS) is 1. The SMILES string of the molecule is COc1ccc(S(=O)(=O)N2CC[C@@H](CC(=O)O)[C@H](CCN3CCCN(C(C)=O)CC3)C2)cc1. The highest BCUT2D eigenvalue weighted by Crippen LogP contribution is 2.33. The number of carboxylic acids is 1. The molecule has 0 saturated carbocycles. The predicted molar refractivity (Wildman–Crippen MR) is 124 cm³/mol. The highest BCUT2D eigenvalue weighted by atomic mass is 32.2. The Morgan fingerprint density at radius 1 is 1.06 bits per heavy atom. The molecule has 33 heavy (non-hydrogen) atoms. The zero-order valence-corrected chi connectivity index (χ0v) is 20.3. The Bertz CT molecular complexity index is 921. The Morgan fingerprint density at radius 3 is 2.42 bits per heavy atom. The lowest BCUT2D eigenvalue weighted by Crippen LogP contribution is -2.45. The van der Waals surface area contributed by atoms with E-state index in [0.29, 0.717) is 31.8 Å². The van der Waals surface area contributed by atoms with Crippen LogP contribution < -0.4 is 4.74 Å². The fourth-order valence-electron chi connectivity index (χ4n) is 4.84. The molecule has 1 N–H and O–H groups in total. The van der Waals surface area contributed by atoms with Crippen LogP contribution in [0.3, 0.4) is 0 Å². The van der Waals surface area contributed by atoms with E-state index in [1.54, 1.807) is 31.2 Å². The van der Waals surface area contributed by atoms with Crippen LogP contribution in [0.2, 0.25) is 0 Å². The molecule has 0 aliphatic carbocycles. The van der Waals surface area contributed by atoms with Gasteiger partial charge in [0.05, 0.1) is 12.0 Å². The maximum atomic E-state index is 13.2. The van der Waals surface area contributed by atoms with E-state index >= 15 is 0 Å². The van der Waals surface area contributed by atoms with Gasteiger partial charge in [0.25, 0.3) is 0 Å². The molecular formula is C23H35N3O6S. The number of rotatable bonds is 8. The molecule has 1 aromatic carbocycles. The van der Waals surface area contributed by atoms with E-state index < -0.39 is 16.0 Å². The number of benzene rings is 1.